The van der Waals surface area contributed by atoms with E-state index in [-0.39, 0.29) is 11.1 Å². The number of anilines is 2. The highest BCUT2D eigenvalue weighted by molar-refractivity contribution is 6.30. The van der Waals surface area contributed by atoms with Gasteiger partial charge in [0.05, 0.1) is 5.69 Å². The number of nitrogens with zero attached hydrogens (tertiary/aromatic N) is 6. The molecule has 3 heterocycles. The van der Waals surface area contributed by atoms with Gasteiger partial charge in [0.25, 0.3) is 11.9 Å². The molecule has 0 unspecified atom stereocenters. The number of nitriles is 1. The van der Waals surface area contributed by atoms with Gasteiger partial charge in [0, 0.05) is 46.5 Å². The van der Waals surface area contributed by atoms with Gasteiger partial charge in [0.1, 0.15) is 23.0 Å². The maximum atomic E-state index is 12.0. The summed E-state index contributed by atoms with van der Waals surface area (Å²) in [5.41, 5.74) is 1.46. The zero-order valence-corrected chi connectivity index (χ0v) is 15.4. The molecule has 0 aliphatic carbocycles. The smallest absolute Gasteiger partial charge is 0.298 e. The molecule has 1 fully saturated rings. The normalized spacial score (nSPS) is 14.7. The second-order valence-corrected chi connectivity index (χ2v) is 6.51. The largest absolute Gasteiger partial charge is 0.431 e. The van der Waals surface area contributed by atoms with Crippen LogP contribution in [0.5, 0.6) is 0 Å². The van der Waals surface area contributed by atoms with Gasteiger partial charge >= 0.3 is 0 Å². The van der Waals surface area contributed by atoms with Crippen LogP contribution in [0.4, 0.5) is 11.7 Å². The lowest BCUT2D eigenvalue weighted by Crippen LogP contribution is -2.31. The first-order valence-corrected chi connectivity index (χ1v) is 8.60. The molecular weight excluding hydrogens is 356 g/mol. The second-order valence-electron chi connectivity index (χ2n) is 6.15. The number of halogens is 1. The molecule has 1 aliphatic rings. The lowest BCUT2D eigenvalue weighted by atomic mass is 10.2. The number of carbonyl (C=O) groups excluding carboxylic acids is 1. The molecule has 0 aromatic carbocycles. The standard InChI is InChI=1S/C17H19ClN6O2/c1-22(2)16(25)13-11-26-17(21-13)24-7-3-6-23(8-9-24)14-4-5-20-15(18)12(14)10-19/h4-5,11H,3,6-9H2,1-2H3. The molecule has 9 heteroatoms. The molecule has 8 nitrogen and oxygen atoms in total. The summed E-state index contributed by atoms with van der Waals surface area (Å²) in [5.74, 6) is -0.193. The Balaban J connectivity index is 1.74. The number of aromatic nitrogens is 2. The van der Waals surface area contributed by atoms with Crippen molar-refractivity contribution in [2.75, 3.05) is 50.1 Å². The maximum Gasteiger partial charge on any atom is 0.298 e. The maximum absolute atomic E-state index is 12.0. The fourth-order valence-electron chi connectivity index (χ4n) is 2.88. The van der Waals surface area contributed by atoms with E-state index in [4.69, 9.17) is 16.0 Å². The minimum atomic E-state index is -0.193. The predicted octanol–water partition coefficient (Wildman–Crippen LogP) is 2.01. The number of hydrogen-bond acceptors (Lipinski definition) is 7. The zero-order valence-electron chi connectivity index (χ0n) is 14.6. The van der Waals surface area contributed by atoms with Crippen LogP contribution in [0.2, 0.25) is 5.15 Å². The van der Waals surface area contributed by atoms with E-state index in [1.165, 1.54) is 11.2 Å². The lowest BCUT2D eigenvalue weighted by molar-refractivity contribution is 0.0822. The Morgan fingerprint density at radius 2 is 2.04 bits per heavy atom. The van der Waals surface area contributed by atoms with E-state index in [1.54, 1.807) is 26.4 Å². The minimum absolute atomic E-state index is 0.193. The summed E-state index contributed by atoms with van der Waals surface area (Å²) in [7, 11) is 3.35. The lowest BCUT2D eigenvalue weighted by Gasteiger charge is -2.24. The summed E-state index contributed by atoms with van der Waals surface area (Å²) < 4.78 is 5.50. The highest BCUT2D eigenvalue weighted by Crippen LogP contribution is 2.26. The van der Waals surface area contributed by atoms with Crippen LogP contribution in [0, 0.1) is 11.3 Å². The topological polar surface area (TPSA) is 89.5 Å². The van der Waals surface area contributed by atoms with Crippen molar-refractivity contribution in [1.29, 1.82) is 5.26 Å². The molecule has 26 heavy (non-hydrogen) atoms. The van der Waals surface area contributed by atoms with Gasteiger partial charge < -0.3 is 19.1 Å². The van der Waals surface area contributed by atoms with Crippen LogP contribution in [0.25, 0.3) is 0 Å². The van der Waals surface area contributed by atoms with E-state index in [9.17, 15) is 10.1 Å². The molecule has 136 valence electrons. The van der Waals surface area contributed by atoms with Crippen molar-refractivity contribution < 1.29 is 9.21 Å². The first-order valence-electron chi connectivity index (χ1n) is 8.23. The molecule has 0 N–H and O–H groups in total. The van der Waals surface area contributed by atoms with E-state index in [1.807, 2.05) is 4.90 Å². The molecule has 1 aliphatic heterocycles. The SMILES string of the molecule is CN(C)C(=O)c1coc(N2CCCN(c3ccnc(Cl)c3C#N)CC2)n1. The molecular formula is C17H19ClN6O2. The molecule has 0 radical (unpaired) electrons. The molecule has 0 saturated carbocycles. The van der Waals surface area contributed by atoms with Crippen molar-refractivity contribution >= 4 is 29.2 Å². The van der Waals surface area contributed by atoms with Crippen LogP contribution >= 0.6 is 11.6 Å². The number of rotatable bonds is 3. The van der Waals surface area contributed by atoms with Gasteiger partial charge in [-0.1, -0.05) is 11.6 Å². The summed E-state index contributed by atoms with van der Waals surface area (Å²) in [6.07, 6.45) is 3.84. The van der Waals surface area contributed by atoms with E-state index in [0.29, 0.717) is 30.4 Å². The van der Waals surface area contributed by atoms with Crippen LogP contribution in [0.1, 0.15) is 22.5 Å². The first kappa shape index (κ1) is 18.0. The summed E-state index contributed by atoms with van der Waals surface area (Å²) in [6.45, 7) is 2.85. The summed E-state index contributed by atoms with van der Waals surface area (Å²) >= 11 is 6.04. The Morgan fingerprint density at radius 3 is 2.77 bits per heavy atom. The Bertz CT molecular complexity index is 844. The number of oxazole rings is 1. The van der Waals surface area contributed by atoms with Crippen molar-refractivity contribution in [3.05, 3.63) is 34.9 Å². The van der Waals surface area contributed by atoms with Gasteiger partial charge in [-0.3, -0.25) is 4.79 Å². The number of hydrogen-bond donors (Lipinski definition) is 0. The Kier molecular flexibility index (Phi) is 5.28. The molecule has 3 rings (SSSR count). The summed E-state index contributed by atoms with van der Waals surface area (Å²) in [5, 5.41) is 9.57. The third kappa shape index (κ3) is 3.58. The number of amides is 1. The average molecular weight is 375 g/mol. The van der Waals surface area contributed by atoms with Crippen molar-refractivity contribution in [2.24, 2.45) is 0 Å². The van der Waals surface area contributed by atoms with Crippen LogP contribution in [-0.4, -0.2) is 61.0 Å². The first-order chi connectivity index (χ1) is 12.5. The van der Waals surface area contributed by atoms with Crippen LogP contribution < -0.4 is 9.80 Å². The minimum Gasteiger partial charge on any atom is -0.431 e. The number of carbonyl (C=O) groups is 1. The number of pyridine rings is 1. The van der Waals surface area contributed by atoms with Gasteiger partial charge in [-0.05, 0) is 12.5 Å². The molecule has 0 bridgehead atoms. The van der Waals surface area contributed by atoms with Crippen molar-refractivity contribution in [3.63, 3.8) is 0 Å². The fourth-order valence-corrected chi connectivity index (χ4v) is 3.08. The third-order valence-corrected chi connectivity index (χ3v) is 4.51. The van der Waals surface area contributed by atoms with Crippen LogP contribution in [0.15, 0.2) is 22.9 Å². The quantitative estimate of drug-likeness (QED) is 0.759. The van der Waals surface area contributed by atoms with E-state index >= 15 is 0 Å². The average Bonchev–Trinajstić information content (AvgIpc) is 2.99. The third-order valence-electron chi connectivity index (χ3n) is 4.22. The molecule has 2 aromatic rings. The summed E-state index contributed by atoms with van der Waals surface area (Å²) in [4.78, 5) is 25.8. The van der Waals surface area contributed by atoms with Crippen LogP contribution in [-0.2, 0) is 0 Å². The van der Waals surface area contributed by atoms with E-state index in [0.717, 1.165) is 25.2 Å². The van der Waals surface area contributed by atoms with Crippen molar-refractivity contribution in [3.8, 4) is 6.07 Å². The monoisotopic (exact) mass is 374 g/mol. The Labute approximate surface area is 156 Å². The molecule has 0 atom stereocenters. The van der Waals surface area contributed by atoms with Gasteiger partial charge in [0.2, 0.25) is 0 Å². The Morgan fingerprint density at radius 1 is 1.31 bits per heavy atom. The molecule has 2 aromatic heterocycles. The highest BCUT2D eigenvalue weighted by Gasteiger charge is 2.23. The molecule has 1 saturated heterocycles. The summed E-state index contributed by atoms with van der Waals surface area (Å²) in [6, 6.07) is 4.37. The predicted molar refractivity (Wildman–Crippen MR) is 97.5 cm³/mol. The van der Waals surface area contributed by atoms with E-state index < -0.39 is 0 Å². The zero-order chi connectivity index (χ0) is 18.7. The molecule has 0 spiro atoms. The van der Waals surface area contributed by atoms with Crippen LogP contribution in [0.3, 0.4) is 0 Å². The highest BCUT2D eigenvalue weighted by atomic mass is 35.5. The Hall–Kier alpha value is -2.79. The fraction of sp³-hybridized carbons (Fsp3) is 0.412. The van der Waals surface area contributed by atoms with Crippen molar-refractivity contribution in [1.82, 2.24) is 14.9 Å². The molecule has 1 amide bonds. The second kappa shape index (κ2) is 7.62. The van der Waals surface area contributed by atoms with Gasteiger partial charge in [-0.15, -0.1) is 0 Å². The van der Waals surface area contributed by atoms with Gasteiger partial charge in [0.15, 0.2) is 5.69 Å². The van der Waals surface area contributed by atoms with E-state index in [2.05, 4.69) is 20.9 Å². The van der Waals surface area contributed by atoms with Gasteiger partial charge in [-0.2, -0.15) is 10.2 Å². The van der Waals surface area contributed by atoms with Crippen molar-refractivity contribution in [2.45, 2.75) is 6.42 Å². The van der Waals surface area contributed by atoms with Gasteiger partial charge in [-0.25, -0.2) is 4.98 Å².